The second kappa shape index (κ2) is 11.4. The minimum absolute atomic E-state index is 0.0693. The van der Waals surface area contributed by atoms with Crippen LogP contribution in [-0.4, -0.2) is 110 Å². The molecule has 5 aliphatic heterocycles. The first-order valence-corrected chi connectivity index (χ1v) is 15.7. The number of hydrogen-bond acceptors (Lipinski definition) is 11. The molecule has 5 aliphatic rings. The van der Waals surface area contributed by atoms with Crippen LogP contribution in [0.25, 0.3) is 0 Å². The minimum Gasteiger partial charge on any atom is -0.392 e. The Morgan fingerprint density at radius 2 is 1.44 bits per heavy atom. The van der Waals surface area contributed by atoms with E-state index in [1.165, 1.54) is 0 Å². The summed E-state index contributed by atoms with van der Waals surface area (Å²) in [5, 5.41) is 11.6. The van der Waals surface area contributed by atoms with Crippen molar-refractivity contribution in [2.75, 3.05) is 74.8 Å². The van der Waals surface area contributed by atoms with Crippen LogP contribution in [-0.2, 0) is 33.2 Å². The first-order valence-electron chi connectivity index (χ1n) is 12.2. The standard InChI is InChI=1S/C23H36O8S3/c1-26-14-27-21(18-13-33-9-3-23(18)30-6-7-31-23)16-11-34-10-15(19(16)24)20(25)17-12-32-8-2-22(17)28-4-5-29-22/h15-18,20-21,25H,2-14H2,1H3/t15-,16-,17+,18-,20-,21-/m0/s1. The molecular formula is C23H36O8S3. The lowest BCUT2D eigenvalue weighted by Gasteiger charge is -2.47. The van der Waals surface area contributed by atoms with E-state index < -0.39 is 29.7 Å². The molecule has 0 bridgehead atoms. The fourth-order valence-corrected chi connectivity index (χ4v) is 10.0. The number of Topliss-reactive ketones (excluding diaryl/α,β-unsaturated/α-hetero) is 1. The van der Waals surface area contributed by atoms with Crippen LogP contribution in [0.3, 0.4) is 0 Å². The van der Waals surface area contributed by atoms with Gasteiger partial charge in [0.05, 0.1) is 50.5 Å². The molecule has 2 spiro atoms. The minimum atomic E-state index is -0.814. The van der Waals surface area contributed by atoms with Gasteiger partial charge in [-0.3, -0.25) is 4.79 Å². The van der Waals surface area contributed by atoms with Crippen molar-refractivity contribution in [2.24, 2.45) is 23.7 Å². The van der Waals surface area contributed by atoms with E-state index in [0.29, 0.717) is 37.9 Å². The van der Waals surface area contributed by atoms with Crippen LogP contribution in [0.15, 0.2) is 0 Å². The number of methoxy groups -OCH3 is 1. The van der Waals surface area contributed by atoms with E-state index in [9.17, 15) is 9.90 Å². The van der Waals surface area contributed by atoms with Crippen LogP contribution in [0.5, 0.6) is 0 Å². The van der Waals surface area contributed by atoms with Crippen molar-refractivity contribution < 1.29 is 38.3 Å². The van der Waals surface area contributed by atoms with Crippen LogP contribution >= 0.6 is 35.3 Å². The predicted octanol–water partition coefficient (Wildman–Crippen LogP) is 1.88. The molecule has 0 amide bonds. The average Bonchev–Trinajstić information content (AvgIpc) is 3.52. The summed E-state index contributed by atoms with van der Waals surface area (Å²) in [6, 6.07) is 0. The van der Waals surface area contributed by atoms with Gasteiger partial charge >= 0.3 is 0 Å². The number of hydrogen-bond donors (Lipinski definition) is 1. The van der Waals surface area contributed by atoms with Crippen LogP contribution in [0.2, 0.25) is 0 Å². The Balaban J connectivity index is 1.37. The molecule has 194 valence electrons. The van der Waals surface area contributed by atoms with E-state index in [-0.39, 0.29) is 30.3 Å². The van der Waals surface area contributed by atoms with Crippen molar-refractivity contribution >= 4 is 41.1 Å². The molecular weight excluding hydrogens is 500 g/mol. The van der Waals surface area contributed by atoms with Crippen molar-refractivity contribution in [3.63, 3.8) is 0 Å². The predicted molar refractivity (Wildman–Crippen MR) is 132 cm³/mol. The van der Waals surface area contributed by atoms with Gasteiger partial charge in [0, 0.05) is 54.8 Å². The topological polar surface area (TPSA) is 92.7 Å². The number of aliphatic hydroxyl groups is 1. The third kappa shape index (κ3) is 4.96. The number of ketones is 1. The Morgan fingerprint density at radius 1 is 0.882 bits per heavy atom. The maximum Gasteiger partial charge on any atom is 0.175 e. The number of ether oxygens (including phenoxy) is 6. The van der Waals surface area contributed by atoms with Gasteiger partial charge in [-0.05, 0) is 11.5 Å². The van der Waals surface area contributed by atoms with Gasteiger partial charge in [-0.1, -0.05) is 0 Å². The Morgan fingerprint density at radius 3 is 2.06 bits per heavy atom. The second-order valence-electron chi connectivity index (χ2n) is 9.56. The Bertz CT molecular complexity index is 700. The highest BCUT2D eigenvalue weighted by molar-refractivity contribution is 7.99. The summed E-state index contributed by atoms with van der Waals surface area (Å²) in [5.41, 5.74) is 0. The van der Waals surface area contributed by atoms with Crippen molar-refractivity contribution in [1.29, 1.82) is 0 Å². The average molecular weight is 537 g/mol. The monoisotopic (exact) mass is 536 g/mol. The summed E-state index contributed by atoms with van der Waals surface area (Å²) >= 11 is 5.36. The molecule has 0 aromatic rings. The van der Waals surface area contributed by atoms with E-state index >= 15 is 0 Å². The summed E-state index contributed by atoms with van der Waals surface area (Å²) in [6.07, 6.45) is 0.318. The smallest absolute Gasteiger partial charge is 0.175 e. The molecule has 6 atom stereocenters. The Hall–Kier alpha value is 0.440. The third-order valence-corrected chi connectivity index (χ3v) is 11.2. The van der Waals surface area contributed by atoms with Crippen molar-refractivity contribution in [1.82, 2.24) is 0 Å². The molecule has 5 saturated heterocycles. The lowest BCUT2D eigenvalue weighted by molar-refractivity contribution is -0.235. The van der Waals surface area contributed by atoms with Gasteiger partial charge in [0.1, 0.15) is 12.6 Å². The van der Waals surface area contributed by atoms with Gasteiger partial charge in [0.2, 0.25) is 0 Å². The summed E-state index contributed by atoms with van der Waals surface area (Å²) in [6.45, 7) is 2.31. The zero-order valence-electron chi connectivity index (χ0n) is 19.7. The quantitative estimate of drug-likeness (QED) is 0.484. The lowest BCUT2D eigenvalue weighted by Crippen LogP contribution is -2.58. The summed E-state index contributed by atoms with van der Waals surface area (Å²) in [4.78, 5) is 14.0. The third-order valence-electron chi connectivity index (χ3n) is 7.79. The van der Waals surface area contributed by atoms with E-state index in [1.54, 1.807) is 30.6 Å². The SMILES string of the molecule is COCO[C@@H]([C@H]1CSC[C@H]([C@H](O)[C@H]2CSCCC23OCCO3)C1=O)[C@@H]1CSCCC12OCCO2. The molecule has 0 radical (unpaired) electrons. The molecule has 0 unspecified atom stereocenters. The molecule has 0 aromatic carbocycles. The zero-order chi connectivity index (χ0) is 23.6. The van der Waals surface area contributed by atoms with Gasteiger partial charge in [-0.15, -0.1) is 0 Å². The number of aliphatic hydroxyl groups excluding tert-OH is 1. The molecule has 0 aromatic heterocycles. The van der Waals surface area contributed by atoms with E-state index in [1.807, 2.05) is 11.8 Å². The van der Waals surface area contributed by atoms with Crippen molar-refractivity contribution in [3.8, 4) is 0 Å². The molecule has 1 N–H and O–H groups in total. The fraction of sp³-hybridized carbons (Fsp3) is 0.957. The maximum absolute atomic E-state index is 14.0. The molecule has 5 heterocycles. The maximum atomic E-state index is 14.0. The summed E-state index contributed by atoms with van der Waals surface area (Å²) in [7, 11) is 1.59. The van der Waals surface area contributed by atoms with E-state index in [4.69, 9.17) is 28.4 Å². The molecule has 8 nitrogen and oxygen atoms in total. The Kier molecular flexibility index (Phi) is 8.78. The van der Waals surface area contributed by atoms with Crippen molar-refractivity contribution in [2.45, 2.75) is 36.6 Å². The van der Waals surface area contributed by atoms with Gasteiger partial charge in [-0.25, -0.2) is 0 Å². The van der Waals surface area contributed by atoms with Gasteiger partial charge in [0.25, 0.3) is 0 Å². The molecule has 0 saturated carbocycles. The van der Waals surface area contributed by atoms with Crippen LogP contribution in [0, 0.1) is 23.7 Å². The molecule has 5 fully saturated rings. The normalized spacial score (nSPS) is 37.3. The fourth-order valence-electron chi connectivity index (χ4n) is 6.06. The van der Waals surface area contributed by atoms with Crippen LogP contribution < -0.4 is 0 Å². The van der Waals surface area contributed by atoms with Crippen LogP contribution in [0.1, 0.15) is 12.8 Å². The summed E-state index contributed by atoms with van der Waals surface area (Å²) < 4.78 is 35.9. The lowest BCUT2D eigenvalue weighted by atomic mass is 9.76. The zero-order valence-corrected chi connectivity index (χ0v) is 22.1. The summed E-state index contributed by atoms with van der Waals surface area (Å²) in [5.74, 6) is 2.16. The number of carbonyl (C=O) groups excluding carboxylic acids is 1. The van der Waals surface area contributed by atoms with Gasteiger partial charge in [0.15, 0.2) is 11.6 Å². The van der Waals surface area contributed by atoms with Crippen LogP contribution in [0.4, 0.5) is 0 Å². The molecule has 34 heavy (non-hydrogen) atoms. The van der Waals surface area contributed by atoms with Gasteiger partial charge < -0.3 is 33.5 Å². The van der Waals surface area contributed by atoms with E-state index in [0.717, 1.165) is 35.9 Å². The van der Waals surface area contributed by atoms with Crippen molar-refractivity contribution in [3.05, 3.63) is 0 Å². The highest BCUT2D eigenvalue weighted by Gasteiger charge is 2.56. The molecule has 5 rings (SSSR count). The van der Waals surface area contributed by atoms with E-state index in [2.05, 4.69) is 0 Å². The first kappa shape index (κ1) is 26.1. The highest BCUT2D eigenvalue weighted by Crippen LogP contribution is 2.47. The molecule has 11 heteroatoms. The Labute approximate surface area is 214 Å². The number of rotatable bonds is 7. The first-order chi connectivity index (χ1) is 16.6. The van der Waals surface area contributed by atoms with Gasteiger partial charge in [-0.2, -0.15) is 35.3 Å². The largest absolute Gasteiger partial charge is 0.392 e. The second-order valence-corrected chi connectivity index (χ2v) is 12.9. The molecule has 0 aliphatic carbocycles. The number of thioether (sulfide) groups is 3. The highest BCUT2D eigenvalue weighted by atomic mass is 32.2. The number of carbonyl (C=O) groups is 1.